The van der Waals surface area contributed by atoms with Crippen molar-refractivity contribution in [1.29, 1.82) is 0 Å². The highest BCUT2D eigenvalue weighted by atomic mass is 16.5. The summed E-state index contributed by atoms with van der Waals surface area (Å²) >= 11 is 0. The van der Waals surface area contributed by atoms with Gasteiger partial charge < -0.3 is 4.74 Å². The maximum absolute atomic E-state index is 6.29. The van der Waals surface area contributed by atoms with Crippen LogP contribution in [0.1, 0.15) is 97.4 Å². The molecule has 2 nitrogen and oxygen atoms in total. The second-order valence-electron chi connectivity index (χ2n) is 7.94. The fourth-order valence-corrected chi connectivity index (χ4v) is 3.93. The minimum Gasteiger partial charge on any atom is -0.485 e. The zero-order valence-corrected chi connectivity index (χ0v) is 23.1. The van der Waals surface area contributed by atoms with Crippen molar-refractivity contribution in [2.24, 2.45) is 5.92 Å². The molecule has 2 heteroatoms. The van der Waals surface area contributed by atoms with Gasteiger partial charge in [0.2, 0.25) is 0 Å². The van der Waals surface area contributed by atoms with E-state index in [1.807, 2.05) is 47.6 Å². The lowest BCUT2D eigenvalue weighted by molar-refractivity contribution is 0.184. The summed E-state index contributed by atoms with van der Waals surface area (Å²) in [5.41, 5.74) is 5.15. The van der Waals surface area contributed by atoms with E-state index in [0.29, 0.717) is 5.92 Å². The molecule has 0 N–H and O–H groups in total. The summed E-state index contributed by atoms with van der Waals surface area (Å²) in [5, 5.41) is 0. The van der Waals surface area contributed by atoms with E-state index in [4.69, 9.17) is 4.74 Å². The SMILES string of the molecule is C=C(C)C1CCCN(Cc2ccc(C(CC)Oc3ccccc3C)cc2)C1.CC.CC.CC. The minimum atomic E-state index is 0.0999. The van der Waals surface area contributed by atoms with Gasteiger partial charge in [0.1, 0.15) is 11.9 Å². The number of para-hydroxylation sites is 1. The van der Waals surface area contributed by atoms with Crippen LogP contribution in [0.2, 0.25) is 0 Å². The van der Waals surface area contributed by atoms with Gasteiger partial charge in [-0.25, -0.2) is 0 Å². The van der Waals surface area contributed by atoms with E-state index in [9.17, 15) is 0 Å². The molecule has 1 aliphatic heterocycles. The van der Waals surface area contributed by atoms with Gasteiger partial charge in [-0.05, 0) is 68.3 Å². The van der Waals surface area contributed by atoms with Gasteiger partial charge in [0.25, 0.3) is 0 Å². The van der Waals surface area contributed by atoms with Crippen LogP contribution in [0.25, 0.3) is 0 Å². The molecular weight excluding hydrogens is 402 g/mol. The fraction of sp³-hybridized carbons (Fsp3) is 0.548. The standard InChI is InChI=1S/C25H33NO.3C2H6/c1-5-24(27-25-11-7-6-9-20(25)4)22-14-12-21(13-15-22)17-26-16-8-10-23(18-26)19(2)3;3*1-2/h6-7,9,11-15,23-24H,2,5,8,10,16-18H2,1,3-4H3;3*1-2H3. The van der Waals surface area contributed by atoms with E-state index in [-0.39, 0.29) is 6.10 Å². The van der Waals surface area contributed by atoms with Gasteiger partial charge in [0.05, 0.1) is 0 Å². The molecule has 0 amide bonds. The third-order valence-corrected chi connectivity index (χ3v) is 5.69. The molecule has 0 bridgehead atoms. The first-order valence-electron chi connectivity index (χ1n) is 13.3. The highest BCUT2D eigenvalue weighted by Gasteiger charge is 2.20. The summed E-state index contributed by atoms with van der Waals surface area (Å²) in [6.45, 7) is 26.0. The van der Waals surface area contributed by atoms with Crippen LogP contribution in [0.3, 0.4) is 0 Å². The number of hydrogen-bond donors (Lipinski definition) is 0. The zero-order valence-electron chi connectivity index (χ0n) is 23.1. The molecule has 1 heterocycles. The topological polar surface area (TPSA) is 12.5 Å². The molecule has 0 aliphatic carbocycles. The maximum atomic E-state index is 6.29. The summed E-state index contributed by atoms with van der Waals surface area (Å²) in [6, 6.07) is 17.3. The Bertz CT molecular complexity index is 750. The lowest BCUT2D eigenvalue weighted by Gasteiger charge is -2.33. The van der Waals surface area contributed by atoms with E-state index in [2.05, 4.69) is 74.7 Å². The molecule has 1 aliphatic rings. The summed E-state index contributed by atoms with van der Waals surface area (Å²) in [4.78, 5) is 2.57. The minimum absolute atomic E-state index is 0.0999. The lowest BCUT2D eigenvalue weighted by Crippen LogP contribution is -2.35. The van der Waals surface area contributed by atoms with Crippen molar-refractivity contribution in [2.75, 3.05) is 13.1 Å². The highest BCUT2D eigenvalue weighted by Crippen LogP contribution is 2.28. The Hall–Kier alpha value is -2.06. The molecule has 0 saturated carbocycles. The lowest BCUT2D eigenvalue weighted by atomic mass is 9.92. The second-order valence-corrected chi connectivity index (χ2v) is 7.94. The van der Waals surface area contributed by atoms with Crippen LogP contribution in [0.5, 0.6) is 5.75 Å². The van der Waals surface area contributed by atoms with Crippen molar-refractivity contribution in [3.63, 3.8) is 0 Å². The number of nitrogens with zero attached hydrogens (tertiary/aromatic N) is 1. The van der Waals surface area contributed by atoms with E-state index in [0.717, 1.165) is 25.3 Å². The quantitative estimate of drug-likeness (QED) is 0.387. The van der Waals surface area contributed by atoms with Gasteiger partial charge in [0, 0.05) is 13.1 Å². The molecule has 2 aromatic carbocycles. The van der Waals surface area contributed by atoms with Gasteiger partial charge in [0.15, 0.2) is 0 Å². The van der Waals surface area contributed by atoms with Crippen molar-refractivity contribution in [2.45, 2.75) is 94.2 Å². The Labute approximate surface area is 206 Å². The molecule has 0 spiro atoms. The van der Waals surface area contributed by atoms with E-state index in [1.54, 1.807) is 0 Å². The number of piperidine rings is 1. The average molecular weight is 454 g/mol. The maximum Gasteiger partial charge on any atom is 0.123 e. The Morgan fingerprint density at radius 1 is 1.00 bits per heavy atom. The molecule has 1 fully saturated rings. The summed E-state index contributed by atoms with van der Waals surface area (Å²) in [5.74, 6) is 1.64. The smallest absolute Gasteiger partial charge is 0.123 e. The summed E-state index contributed by atoms with van der Waals surface area (Å²) in [7, 11) is 0. The summed E-state index contributed by atoms with van der Waals surface area (Å²) in [6.07, 6.45) is 3.62. The van der Waals surface area contributed by atoms with Crippen molar-refractivity contribution in [3.05, 3.63) is 77.4 Å². The highest BCUT2D eigenvalue weighted by molar-refractivity contribution is 5.33. The largest absolute Gasteiger partial charge is 0.485 e. The Kier molecular flexibility index (Phi) is 17.2. The number of aryl methyl sites for hydroxylation is 1. The molecule has 3 rings (SSSR count). The van der Waals surface area contributed by atoms with Crippen LogP contribution in [0.15, 0.2) is 60.7 Å². The van der Waals surface area contributed by atoms with E-state index < -0.39 is 0 Å². The van der Waals surface area contributed by atoms with Gasteiger partial charge in [-0.1, -0.05) is 103 Å². The van der Waals surface area contributed by atoms with Crippen LogP contribution in [0.4, 0.5) is 0 Å². The van der Waals surface area contributed by atoms with Crippen LogP contribution in [-0.2, 0) is 6.54 Å². The van der Waals surface area contributed by atoms with Gasteiger partial charge in [-0.15, -0.1) is 0 Å². The predicted octanol–water partition coefficient (Wildman–Crippen LogP) is 9.39. The molecule has 2 atom stereocenters. The molecule has 186 valence electrons. The number of likely N-dealkylation sites (tertiary alicyclic amines) is 1. The van der Waals surface area contributed by atoms with Crippen LogP contribution in [0, 0.1) is 12.8 Å². The summed E-state index contributed by atoms with van der Waals surface area (Å²) < 4.78 is 6.29. The Morgan fingerprint density at radius 2 is 1.61 bits per heavy atom. The number of ether oxygens (including phenoxy) is 1. The van der Waals surface area contributed by atoms with Crippen molar-refractivity contribution < 1.29 is 4.74 Å². The van der Waals surface area contributed by atoms with Crippen molar-refractivity contribution in [3.8, 4) is 5.75 Å². The molecule has 0 radical (unpaired) electrons. The fourth-order valence-electron chi connectivity index (χ4n) is 3.93. The van der Waals surface area contributed by atoms with Crippen LogP contribution < -0.4 is 4.74 Å². The first kappa shape index (κ1) is 30.9. The Balaban J connectivity index is 0.00000158. The molecular formula is C31H51NO. The van der Waals surface area contributed by atoms with Gasteiger partial charge >= 0.3 is 0 Å². The van der Waals surface area contributed by atoms with Gasteiger partial charge in [-0.2, -0.15) is 0 Å². The van der Waals surface area contributed by atoms with Crippen LogP contribution >= 0.6 is 0 Å². The number of benzene rings is 2. The first-order valence-corrected chi connectivity index (χ1v) is 13.3. The van der Waals surface area contributed by atoms with Crippen molar-refractivity contribution in [1.82, 2.24) is 4.90 Å². The van der Waals surface area contributed by atoms with Crippen LogP contribution in [-0.4, -0.2) is 18.0 Å². The zero-order chi connectivity index (χ0) is 25.2. The second kappa shape index (κ2) is 18.4. The molecule has 1 saturated heterocycles. The molecule has 2 unspecified atom stereocenters. The molecule has 2 aromatic rings. The number of rotatable bonds is 7. The third-order valence-electron chi connectivity index (χ3n) is 5.69. The van der Waals surface area contributed by atoms with E-state index in [1.165, 1.54) is 41.6 Å². The van der Waals surface area contributed by atoms with E-state index >= 15 is 0 Å². The normalized spacial score (nSPS) is 16.0. The Morgan fingerprint density at radius 3 is 2.15 bits per heavy atom. The first-order chi connectivity index (χ1) is 16.1. The molecule has 0 aromatic heterocycles. The average Bonchev–Trinajstić information content (AvgIpc) is 2.88. The third kappa shape index (κ3) is 10.6. The monoisotopic (exact) mass is 453 g/mol. The van der Waals surface area contributed by atoms with Crippen molar-refractivity contribution >= 4 is 0 Å². The van der Waals surface area contributed by atoms with Gasteiger partial charge in [-0.3, -0.25) is 4.90 Å². The number of hydrogen-bond acceptors (Lipinski definition) is 2. The predicted molar refractivity (Wildman–Crippen MR) is 148 cm³/mol. The molecule has 33 heavy (non-hydrogen) atoms.